The Morgan fingerprint density at radius 3 is 2.41 bits per heavy atom. The largest absolute Gasteiger partial charge is 0.477 e. The number of carboxylic acid groups (broad SMARTS) is 1. The first-order valence-corrected chi connectivity index (χ1v) is 10.5. The highest BCUT2D eigenvalue weighted by atomic mass is 16.4. The minimum atomic E-state index is -0.908. The molecule has 1 N–H and O–H groups in total. The zero-order chi connectivity index (χ0) is 20.5. The molecule has 1 atom stereocenters. The molecule has 7 nitrogen and oxygen atoms in total. The number of hydrogen-bond acceptors (Lipinski definition) is 4. The van der Waals surface area contributed by atoms with Crippen LogP contribution in [-0.4, -0.2) is 81.6 Å². The molecule has 3 heterocycles. The summed E-state index contributed by atoms with van der Waals surface area (Å²) in [5, 5.41) is 10.4. The Hall–Kier alpha value is -2.38. The van der Waals surface area contributed by atoms with Gasteiger partial charge in [-0.2, -0.15) is 0 Å². The van der Waals surface area contributed by atoms with E-state index in [9.17, 15) is 14.7 Å². The van der Waals surface area contributed by atoms with Gasteiger partial charge < -0.3 is 14.6 Å². The molecule has 0 bridgehead atoms. The van der Waals surface area contributed by atoms with Crippen molar-refractivity contribution in [2.45, 2.75) is 32.4 Å². The fourth-order valence-corrected chi connectivity index (χ4v) is 4.75. The number of nitrogens with zero attached hydrogens (tertiary/aromatic N) is 4. The highest BCUT2D eigenvalue weighted by Gasteiger charge is 2.30. The monoisotopic (exact) mass is 398 g/mol. The highest BCUT2D eigenvalue weighted by Crippen LogP contribution is 2.24. The standard InChI is InChI=1S/C22H30N4O3/c1-16(25-8-3-4-9-25)21(27)26-12-10-24(11-13-26)15-18-7-5-6-17-14-19(22(28)29)23(2)20(17)18/h5-7,14,16H,3-4,8-13,15H2,1-2H3,(H,28,29). The molecule has 7 heteroatoms. The average Bonchev–Trinajstić information content (AvgIpc) is 3.36. The number of rotatable bonds is 5. The number of para-hydroxylation sites is 1. The van der Waals surface area contributed by atoms with Crippen molar-refractivity contribution in [2.75, 3.05) is 39.3 Å². The van der Waals surface area contributed by atoms with Crippen LogP contribution in [-0.2, 0) is 18.4 Å². The van der Waals surface area contributed by atoms with Crippen molar-refractivity contribution in [2.24, 2.45) is 7.05 Å². The lowest BCUT2D eigenvalue weighted by Gasteiger charge is -2.37. The number of fused-ring (bicyclic) bond motifs is 1. The van der Waals surface area contributed by atoms with Crippen LogP contribution in [0.5, 0.6) is 0 Å². The van der Waals surface area contributed by atoms with Crippen LogP contribution in [0.15, 0.2) is 24.3 Å². The number of carbonyl (C=O) groups is 2. The molecule has 156 valence electrons. The van der Waals surface area contributed by atoms with Gasteiger partial charge in [0, 0.05) is 45.2 Å². The van der Waals surface area contributed by atoms with Gasteiger partial charge >= 0.3 is 5.97 Å². The maximum absolute atomic E-state index is 12.8. The van der Waals surface area contributed by atoms with E-state index in [-0.39, 0.29) is 11.9 Å². The number of aryl methyl sites for hydroxylation is 1. The molecule has 2 aliphatic rings. The van der Waals surface area contributed by atoms with E-state index >= 15 is 0 Å². The van der Waals surface area contributed by atoms with E-state index in [0.717, 1.165) is 62.3 Å². The average molecular weight is 399 g/mol. The number of aromatic carboxylic acids is 1. The van der Waals surface area contributed by atoms with Crippen molar-refractivity contribution in [1.82, 2.24) is 19.3 Å². The van der Waals surface area contributed by atoms with Crippen LogP contribution in [0, 0.1) is 0 Å². The normalized spacial score (nSPS) is 19.7. The van der Waals surface area contributed by atoms with Gasteiger partial charge in [0.25, 0.3) is 0 Å². The molecule has 4 rings (SSSR count). The van der Waals surface area contributed by atoms with E-state index in [2.05, 4.69) is 15.9 Å². The molecule has 0 aliphatic carbocycles. The second-order valence-electron chi connectivity index (χ2n) is 8.27. The second-order valence-corrected chi connectivity index (χ2v) is 8.27. The number of piperazine rings is 1. The number of amides is 1. The summed E-state index contributed by atoms with van der Waals surface area (Å²) in [4.78, 5) is 31.0. The van der Waals surface area contributed by atoms with Gasteiger partial charge in [0.2, 0.25) is 5.91 Å². The summed E-state index contributed by atoms with van der Waals surface area (Å²) < 4.78 is 1.77. The molecule has 0 radical (unpaired) electrons. The van der Waals surface area contributed by atoms with Gasteiger partial charge in [0.1, 0.15) is 5.69 Å². The molecule has 0 saturated carbocycles. The smallest absolute Gasteiger partial charge is 0.352 e. The topological polar surface area (TPSA) is 69.0 Å². The van der Waals surface area contributed by atoms with Gasteiger partial charge in [-0.3, -0.25) is 14.6 Å². The Labute approximate surface area is 171 Å². The molecular weight excluding hydrogens is 368 g/mol. The van der Waals surface area contributed by atoms with Crippen LogP contribution in [0.25, 0.3) is 10.9 Å². The van der Waals surface area contributed by atoms with Gasteiger partial charge in [0.05, 0.1) is 11.6 Å². The molecule has 29 heavy (non-hydrogen) atoms. The predicted octanol–water partition coefficient (Wildman–Crippen LogP) is 2.00. The van der Waals surface area contributed by atoms with Crippen LogP contribution in [0.4, 0.5) is 0 Å². The van der Waals surface area contributed by atoms with Crippen molar-refractivity contribution < 1.29 is 14.7 Å². The fraction of sp³-hybridized carbons (Fsp3) is 0.545. The Kier molecular flexibility index (Phi) is 5.61. The molecule has 1 aromatic heterocycles. The summed E-state index contributed by atoms with van der Waals surface area (Å²) in [5.41, 5.74) is 2.41. The number of carboxylic acids is 1. The van der Waals surface area contributed by atoms with E-state index in [1.807, 2.05) is 31.0 Å². The van der Waals surface area contributed by atoms with Gasteiger partial charge in [-0.1, -0.05) is 18.2 Å². The third-order valence-electron chi connectivity index (χ3n) is 6.48. The van der Waals surface area contributed by atoms with Gasteiger partial charge in [-0.15, -0.1) is 0 Å². The number of carbonyl (C=O) groups excluding carboxylic acids is 1. The maximum Gasteiger partial charge on any atom is 0.352 e. The minimum Gasteiger partial charge on any atom is -0.477 e. The summed E-state index contributed by atoms with van der Waals surface area (Å²) in [5.74, 6) is -0.656. The number of aromatic nitrogens is 1. The third-order valence-corrected chi connectivity index (χ3v) is 6.48. The molecule has 1 unspecified atom stereocenters. The van der Waals surface area contributed by atoms with Gasteiger partial charge in [0.15, 0.2) is 0 Å². The summed E-state index contributed by atoms with van der Waals surface area (Å²) in [6.45, 7) is 8.04. The highest BCUT2D eigenvalue weighted by molar-refractivity contribution is 5.95. The summed E-state index contributed by atoms with van der Waals surface area (Å²) in [6, 6.07) is 7.73. The summed E-state index contributed by atoms with van der Waals surface area (Å²) in [7, 11) is 1.81. The zero-order valence-corrected chi connectivity index (χ0v) is 17.3. The van der Waals surface area contributed by atoms with E-state index in [0.29, 0.717) is 5.69 Å². The van der Waals surface area contributed by atoms with Crippen LogP contribution in [0.3, 0.4) is 0 Å². The van der Waals surface area contributed by atoms with Crippen molar-refractivity contribution in [1.29, 1.82) is 0 Å². The van der Waals surface area contributed by atoms with Gasteiger partial charge in [-0.25, -0.2) is 4.79 Å². The predicted molar refractivity (Wildman–Crippen MR) is 112 cm³/mol. The minimum absolute atomic E-state index is 0.0180. The lowest BCUT2D eigenvalue weighted by atomic mass is 10.1. The van der Waals surface area contributed by atoms with E-state index < -0.39 is 5.97 Å². The maximum atomic E-state index is 12.8. The van der Waals surface area contributed by atoms with Crippen LogP contribution >= 0.6 is 0 Å². The summed E-state index contributed by atoms with van der Waals surface area (Å²) in [6.07, 6.45) is 2.39. The van der Waals surface area contributed by atoms with Crippen molar-refractivity contribution >= 4 is 22.8 Å². The molecule has 0 spiro atoms. The molecule has 2 aliphatic heterocycles. The Morgan fingerprint density at radius 2 is 1.76 bits per heavy atom. The first-order valence-electron chi connectivity index (χ1n) is 10.5. The first kappa shape index (κ1) is 19.9. The quantitative estimate of drug-likeness (QED) is 0.834. The van der Waals surface area contributed by atoms with Gasteiger partial charge in [-0.05, 0) is 44.5 Å². The van der Waals surface area contributed by atoms with Crippen LogP contribution in [0.2, 0.25) is 0 Å². The number of likely N-dealkylation sites (tertiary alicyclic amines) is 1. The SMILES string of the molecule is CC(C(=O)N1CCN(Cc2cccc3cc(C(=O)O)n(C)c23)CC1)N1CCCC1. The third kappa shape index (κ3) is 3.89. The van der Waals surface area contributed by atoms with Crippen LogP contribution < -0.4 is 0 Å². The second kappa shape index (κ2) is 8.16. The number of benzene rings is 1. The number of hydrogen-bond donors (Lipinski definition) is 1. The zero-order valence-electron chi connectivity index (χ0n) is 17.3. The molecule has 2 aromatic rings. The Balaban J connectivity index is 1.41. The first-order chi connectivity index (χ1) is 14.0. The van der Waals surface area contributed by atoms with Crippen molar-refractivity contribution in [3.63, 3.8) is 0 Å². The molecule has 2 fully saturated rings. The fourth-order valence-electron chi connectivity index (χ4n) is 4.75. The van der Waals surface area contributed by atoms with E-state index in [1.165, 1.54) is 12.8 Å². The Morgan fingerprint density at radius 1 is 1.07 bits per heavy atom. The van der Waals surface area contributed by atoms with Crippen molar-refractivity contribution in [3.8, 4) is 0 Å². The molecule has 2 saturated heterocycles. The lowest BCUT2D eigenvalue weighted by molar-refractivity contribution is -0.137. The van der Waals surface area contributed by atoms with E-state index in [1.54, 1.807) is 10.6 Å². The van der Waals surface area contributed by atoms with Crippen molar-refractivity contribution in [3.05, 3.63) is 35.5 Å². The Bertz CT molecular complexity index is 908. The molecule has 1 amide bonds. The molecular formula is C22H30N4O3. The lowest BCUT2D eigenvalue weighted by Crippen LogP contribution is -2.53. The molecule has 1 aromatic carbocycles. The summed E-state index contributed by atoms with van der Waals surface area (Å²) >= 11 is 0. The van der Waals surface area contributed by atoms with E-state index in [4.69, 9.17) is 0 Å². The van der Waals surface area contributed by atoms with Crippen LogP contribution in [0.1, 0.15) is 35.8 Å².